The molecule has 3 heterocycles. The van der Waals surface area contributed by atoms with Crippen LogP contribution in [0.4, 0.5) is 0 Å². The Morgan fingerprint density at radius 1 is 0.320 bits per heavy atom. The topological polar surface area (TPSA) is 65.0 Å². The zero-order chi connectivity index (χ0) is 32.8. The molecule has 5 nitrogen and oxygen atoms in total. The molecular formula is C45H25N3O2. The van der Waals surface area contributed by atoms with Crippen molar-refractivity contribution in [3.8, 4) is 34.2 Å². The second kappa shape index (κ2) is 10.3. The number of aromatic nitrogens is 3. The maximum absolute atomic E-state index is 6.43. The third-order valence-electron chi connectivity index (χ3n) is 9.92. The second-order valence-corrected chi connectivity index (χ2v) is 12.8. The second-order valence-electron chi connectivity index (χ2n) is 12.8. The fourth-order valence-corrected chi connectivity index (χ4v) is 7.51. The Kier molecular flexibility index (Phi) is 5.60. The number of fused-ring (bicyclic) bond motifs is 11. The highest BCUT2D eigenvalue weighted by atomic mass is 16.3. The van der Waals surface area contributed by atoms with Crippen LogP contribution in [0, 0.1) is 0 Å². The third-order valence-corrected chi connectivity index (χ3v) is 9.92. The first-order chi connectivity index (χ1) is 24.7. The molecule has 0 unspecified atom stereocenters. The molecule has 0 aliphatic carbocycles. The van der Waals surface area contributed by atoms with E-state index >= 15 is 0 Å². The average Bonchev–Trinajstić information content (AvgIpc) is 3.75. The lowest BCUT2D eigenvalue weighted by Crippen LogP contribution is -2.00. The summed E-state index contributed by atoms with van der Waals surface area (Å²) in [7, 11) is 0. The average molecular weight is 640 g/mol. The van der Waals surface area contributed by atoms with E-state index in [4.69, 9.17) is 23.8 Å². The summed E-state index contributed by atoms with van der Waals surface area (Å²) in [6.45, 7) is 0. The highest BCUT2D eigenvalue weighted by molar-refractivity contribution is 6.17. The van der Waals surface area contributed by atoms with Crippen LogP contribution in [0.1, 0.15) is 0 Å². The quantitative estimate of drug-likeness (QED) is 0.180. The number of rotatable bonds is 3. The summed E-state index contributed by atoms with van der Waals surface area (Å²) >= 11 is 0. The SMILES string of the molecule is c1ccc2c(c1)ccc1c3ccc(-c4nc(-c5ccc6c(c5)oc5ccccc56)nc(-c5cccc6c5oc5ccccc56)n4)cc3ccc21. The van der Waals surface area contributed by atoms with Gasteiger partial charge in [0.25, 0.3) is 0 Å². The number of hydrogen-bond acceptors (Lipinski definition) is 5. The van der Waals surface area contributed by atoms with Gasteiger partial charge in [0.2, 0.25) is 0 Å². The lowest BCUT2D eigenvalue weighted by atomic mass is 9.96. The minimum Gasteiger partial charge on any atom is -0.456 e. The molecule has 8 aromatic carbocycles. The normalized spacial score (nSPS) is 12.0. The largest absolute Gasteiger partial charge is 0.456 e. The van der Waals surface area contributed by atoms with E-state index in [1.807, 2.05) is 54.6 Å². The van der Waals surface area contributed by atoms with Crippen LogP contribution in [0.5, 0.6) is 0 Å². The zero-order valence-electron chi connectivity index (χ0n) is 26.6. The Hall–Kier alpha value is -6.85. The minimum absolute atomic E-state index is 0.546. The molecule has 5 heteroatoms. The molecule has 50 heavy (non-hydrogen) atoms. The van der Waals surface area contributed by atoms with E-state index in [1.165, 1.54) is 26.9 Å². The van der Waals surface area contributed by atoms with E-state index in [9.17, 15) is 0 Å². The summed E-state index contributed by atoms with van der Waals surface area (Å²) in [6.07, 6.45) is 0. The molecule has 11 rings (SSSR count). The summed E-state index contributed by atoms with van der Waals surface area (Å²) in [5.41, 5.74) is 5.78. The number of hydrogen-bond donors (Lipinski definition) is 0. The van der Waals surface area contributed by atoms with E-state index in [1.54, 1.807) is 0 Å². The van der Waals surface area contributed by atoms with Gasteiger partial charge in [-0.05, 0) is 68.7 Å². The van der Waals surface area contributed by atoms with Crippen molar-refractivity contribution in [2.45, 2.75) is 0 Å². The molecule has 0 saturated heterocycles. The summed E-state index contributed by atoms with van der Waals surface area (Å²) in [4.78, 5) is 15.3. The van der Waals surface area contributed by atoms with Crippen molar-refractivity contribution >= 4 is 76.2 Å². The van der Waals surface area contributed by atoms with Crippen molar-refractivity contribution in [1.82, 2.24) is 15.0 Å². The van der Waals surface area contributed by atoms with Crippen LogP contribution in [0.15, 0.2) is 160 Å². The van der Waals surface area contributed by atoms with Crippen molar-refractivity contribution in [3.05, 3.63) is 152 Å². The van der Waals surface area contributed by atoms with Gasteiger partial charge in [-0.2, -0.15) is 0 Å². The highest BCUT2D eigenvalue weighted by Gasteiger charge is 2.19. The van der Waals surface area contributed by atoms with Gasteiger partial charge in [0.1, 0.15) is 22.3 Å². The summed E-state index contributed by atoms with van der Waals surface area (Å²) in [6, 6.07) is 52.4. The molecule has 0 aliphatic heterocycles. The van der Waals surface area contributed by atoms with Gasteiger partial charge in [-0.15, -0.1) is 0 Å². The van der Waals surface area contributed by atoms with Crippen LogP contribution in [0.2, 0.25) is 0 Å². The molecule has 232 valence electrons. The van der Waals surface area contributed by atoms with Crippen molar-refractivity contribution in [3.63, 3.8) is 0 Å². The van der Waals surface area contributed by atoms with Gasteiger partial charge in [-0.25, -0.2) is 15.0 Å². The van der Waals surface area contributed by atoms with Gasteiger partial charge in [0.05, 0.1) is 5.56 Å². The highest BCUT2D eigenvalue weighted by Crippen LogP contribution is 2.38. The minimum atomic E-state index is 0.546. The molecule has 0 aliphatic rings. The molecular weight excluding hydrogens is 615 g/mol. The molecule has 3 aromatic heterocycles. The van der Waals surface area contributed by atoms with E-state index in [-0.39, 0.29) is 0 Å². The monoisotopic (exact) mass is 639 g/mol. The van der Waals surface area contributed by atoms with Gasteiger partial charge < -0.3 is 8.83 Å². The number of furan rings is 2. The van der Waals surface area contributed by atoms with Crippen LogP contribution in [0.25, 0.3) is 110 Å². The number of para-hydroxylation sites is 3. The molecule has 0 radical (unpaired) electrons. The maximum atomic E-state index is 6.43. The Bertz CT molecular complexity index is 3170. The molecule has 0 fully saturated rings. The Balaban J connectivity index is 1.13. The van der Waals surface area contributed by atoms with Crippen molar-refractivity contribution in [1.29, 1.82) is 0 Å². The van der Waals surface area contributed by atoms with E-state index in [0.29, 0.717) is 17.5 Å². The van der Waals surface area contributed by atoms with Crippen LogP contribution >= 0.6 is 0 Å². The van der Waals surface area contributed by atoms with Gasteiger partial charge >= 0.3 is 0 Å². The summed E-state index contributed by atoms with van der Waals surface area (Å²) < 4.78 is 12.7. The lowest BCUT2D eigenvalue weighted by molar-refractivity contribution is 0.668. The molecule has 0 amide bonds. The first-order valence-corrected chi connectivity index (χ1v) is 16.7. The summed E-state index contributed by atoms with van der Waals surface area (Å²) in [5.74, 6) is 1.69. The first-order valence-electron chi connectivity index (χ1n) is 16.7. The lowest BCUT2D eigenvalue weighted by Gasteiger charge is -2.11. The molecule has 0 atom stereocenters. The van der Waals surface area contributed by atoms with Crippen molar-refractivity contribution in [2.75, 3.05) is 0 Å². The third kappa shape index (κ3) is 4.04. The van der Waals surface area contributed by atoms with Gasteiger partial charge in [-0.1, -0.05) is 115 Å². The molecule has 0 spiro atoms. The fraction of sp³-hybridized carbons (Fsp3) is 0. The first kappa shape index (κ1) is 27.1. The van der Waals surface area contributed by atoms with Crippen molar-refractivity contribution in [2.24, 2.45) is 0 Å². The smallest absolute Gasteiger partial charge is 0.167 e. The van der Waals surface area contributed by atoms with Crippen LogP contribution < -0.4 is 0 Å². The Labute approximate surface area is 285 Å². The predicted octanol–water partition coefficient (Wildman–Crippen LogP) is 12.1. The maximum Gasteiger partial charge on any atom is 0.167 e. The zero-order valence-corrected chi connectivity index (χ0v) is 26.6. The van der Waals surface area contributed by atoms with Gasteiger partial charge in [0.15, 0.2) is 17.5 Å². The van der Waals surface area contributed by atoms with Crippen LogP contribution in [-0.2, 0) is 0 Å². The number of benzene rings is 8. The molecule has 0 bridgehead atoms. The fourth-order valence-electron chi connectivity index (χ4n) is 7.51. The standard InChI is InChI=1S/C45H25N3O2/c1-2-9-30-26(8-1)16-21-33-31-20-18-28(24-27(31)17-22-32(30)33)43-46-44(29-19-23-36-34-10-3-5-14-39(34)49-41(36)25-29)48-45(47-43)38-13-7-12-37-35-11-4-6-15-40(35)50-42(37)38/h1-25H. The molecule has 11 aromatic rings. The number of nitrogens with zero attached hydrogens (tertiary/aromatic N) is 3. The Morgan fingerprint density at radius 3 is 1.66 bits per heavy atom. The van der Waals surface area contributed by atoms with Crippen LogP contribution in [0.3, 0.4) is 0 Å². The van der Waals surface area contributed by atoms with Gasteiger partial charge in [-0.3, -0.25) is 0 Å². The molecule has 0 saturated carbocycles. The van der Waals surface area contributed by atoms with E-state index in [0.717, 1.165) is 66.0 Å². The van der Waals surface area contributed by atoms with Gasteiger partial charge in [0, 0.05) is 32.7 Å². The Morgan fingerprint density at radius 2 is 0.860 bits per heavy atom. The van der Waals surface area contributed by atoms with Crippen molar-refractivity contribution < 1.29 is 8.83 Å². The molecule has 0 N–H and O–H groups in total. The summed E-state index contributed by atoms with van der Waals surface area (Å²) in [5, 5.41) is 11.5. The van der Waals surface area contributed by atoms with Crippen LogP contribution in [-0.4, -0.2) is 15.0 Å². The van der Waals surface area contributed by atoms with E-state index in [2.05, 4.69) is 97.1 Å². The van der Waals surface area contributed by atoms with E-state index < -0.39 is 0 Å². The predicted molar refractivity (Wildman–Crippen MR) is 203 cm³/mol.